The van der Waals surface area contributed by atoms with Gasteiger partial charge in [0.1, 0.15) is 0 Å². The average Bonchev–Trinajstić information content (AvgIpc) is 2.99. The minimum absolute atomic E-state index is 0.0464. The molecule has 3 aromatic rings. The third kappa shape index (κ3) is 3.97. The Balaban J connectivity index is 1.85. The summed E-state index contributed by atoms with van der Waals surface area (Å²) in [5.41, 5.74) is 0.357. The number of rotatable bonds is 3. The third-order valence-corrected chi connectivity index (χ3v) is 3.85. The minimum Gasteiger partial charge on any atom is -0.304 e. The zero-order valence-corrected chi connectivity index (χ0v) is 14.3. The van der Waals surface area contributed by atoms with E-state index in [9.17, 15) is 22.4 Å². The second kappa shape index (κ2) is 6.82. The molecule has 3 rings (SSSR count). The summed E-state index contributed by atoms with van der Waals surface area (Å²) in [6.07, 6.45) is -3.44. The molecule has 1 aromatic carbocycles. The molecule has 0 saturated heterocycles. The monoisotopic (exact) mass is 378 g/mol. The van der Waals surface area contributed by atoms with Gasteiger partial charge in [-0.2, -0.15) is 18.3 Å². The fourth-order valence-corrected chi connectivity index (χ4v) is 2.43. The number of halogens is 4. The van der Waals surface area contributed by atoms with E-state index in [2.05, 4.69) is 15.4 Å². The summed E-state index contributed by atoms with van der Waals surface area (Å²) in [6, 6.07) is 8.46. The first-order chi connectivity index (χ1) is 12.6. The highest BCUT2D eigenvalue weighted by atomic mass is 19.4. The van der Waals surface area contributed by atoms with Gasteiger partial charge in [0.05, 0.1) is 5.69 Å². The van der Waals surface area contributed by atoms with Crippen LogP contribution in [-0.2, 0) is 13.2 Å². The van der Waals surface area contributed by atoms with Crippen molar-refractivity contribution >= 4 is 11.7 Å². The maximum Gasteiger partial charge on any atom is 0.435 e. The topological polar surface area (TPSA) is 59.8 Å². The van der Waals surface area contributed by atoms with Crippen molar-refractivity contribution in [3.8, 4) is 11.3 Å². The normalized spacial score (nSPS) is 11.5. The molecule has 1 amide bonds. The predicted molar refractivity (Wildman–Crippen MR) is 90.5 cm³/mol. The summed E-state index contributed by atoms with van der Waals surface area (Å²) in [5, 5.41) is 5.72. The number of carbonyl (C=O) groups is 1. The molecule has 0 unspecified atom stereocenters. The van der Waals surface area contributed by atoms with Gasteiger partial charge in [-0.25, -0.2) is 9.37 Å². The Hall–Kier alpha value is -3.23. The van der Waals surface area contributed by atoms with Crippen molar-refractivity contribution in [2.75, 3.05) is 5.32 Å². The second-order valence-corrected chi connectivity index (χ2v) is 5.91. The summed E-state index contributed by atoms with van der Waals surface area (Å²) in [7, 11) is 1.32. The Labute approximate surface area is 151 Å². The molecule has 0 bridgehead atoms. The van der Waals surface area contributed by atoms with E-state index in [0.29, 0.717) is 5.56 Å². The minimum atomic E-state index is -4.61. The molecule has 0 saturated carbocycles. The molecule has 27 heavy (non-hydrogen) atoms. The van der Waals surface area contributed by atoms with Gasteiger partial charge in [-0.05, 0) is 31.2 Å². The first kappa shape index (κ1) is 18.6. The standard InChI is InChI=1S/C18H14F4N4O/c1-10-3-5-11(6-4-10)17(27)24-16-13(19)7-12(9-23-16)14-8-15(18(20,21)22)25-26(14)2/h3-9H,1-2H3,(H,23,24,27). The van der Waals surface area contributed by atoms with E-state index in [4.69, 9.17) is 0 Å². The van der Waals surface area contributed by atoms with Crippen molar-refractivity contribution in [1.82, 2.24) is 14.8 Å². The molecule has 140 valence electrons. The van der Waals surface area contributed by atoms with Crippen molar-refractivity contribution in [3.05, 3.63) is 65.2 Å². The van der Waals surface area contributed by atoms with Crippen LogP contribution in [-0.4, -0.2) is 20.7 Å². The van der Waals surface area contributed by atoms with Crippen LogP contribution in [0.15, 0.2) is 42.6 Å². The van der Waals surface area contributed by atoms with E-state index in [0.717, 1.165) is 22.4 Å². The van der Waals surface area contributed by atoms with E-state index < -0.39 is 23.6 Å². The van der Waals surface area contributed by atoms with Gasteiger partial charge in [0.15, 0.2) is 17.3 Å². The Bertz CT molecular complexity index is 994. The molecule has 1 N–H and O–H groups in total. The SMILES string of the molecule is Cc1ccc(C(=O)Nc2ncc(-c3cc(C(F)(F)F)nn3C)cc2F)cc1. The molecule has 0 atom stereocenters. The molecule has 0 fully saturated rings. The predicted octanol–water partition coefficient (Wildman–Crippen LogP) is 4.20. The molecule has 0 radical (unpaired) electrons. The number of benzene rings is 1. The molecule has 0 spiro atoms. The summed E-state index contributed by atoms with van der Waals surface area (Å²) >= 11 is 0. The number of nitrogens with zero attached hydrogens (tertiary/aromatic N) is 3. The zero-order chi connectivity index (χ0) is 19.8. The lowest BCUT2D eigenvalue weighted by Gasteiger charge is -2.08. The van der Waals surface area contributed by atoms with Crippen molar-refractivity contribution in [2.45, 2.75) is 13.1 Å². The van der Waals surface area contributed by atoms with Gasteiger partial charge in [-0.15, -0.1) is 0 Å². The lowest BCUT2D eigenvalue weighted by Crippen LogP contribution is -2.14. The number of anilines is 1. The van der Waals surface area contributed by atoms with Crippen LogP contribution in [0, 0.1) is 12.7 Å². The highest BCUT2D eigenvalue weighted by Gasteiger charge is 2.34. The first-order valence-electron chi connectivity index (χ1n) is 7.80. The van der Waals surface area contributed by atoms with Crippen LogP contribution in [0.25, 0.3) is 11.3 Å². The Morgan fingerprint density at radius 1 is 1.15 bits per heavy atom. The van der Waals surface area contributed by atoms with Gasteiger partial charge in [0.2, 0.25) is 0 Å². The summed E-state index contributed by atoms with van der Waals surface area (Å²) in [6.45, 7) is 1.87. The van der Waals surface area contributed by atoms with Gasteiger partial charge in [-0.1, -0.05) is 17.7 Å². The molecular weight excluding hydrogens is 364 g/mol. The van der Waals surface area contributed by atoms with Crippen LogP contribution >= 0.6 is 0 Å². The average molecular weight is 378 g/mol. The van der Waals surface area contributed by atoms with Crippen LogP contribution in [0.1, 0.15) is 21.6 Å². The fourth-order valence-electron chi connectivity index (χ4n) is 2.43. The Morgan fingerprint density at radius 3 is 2.37 bits per heavy atom. The quantitative estimate of drug-likeness (QED) is 0.695. The number of pyridine rings is 1. The highest BCUT2D eigenvalue weighted by molar-refractivity contribution is 6.03. The highest BCUT2D eigenvalue weighted by Crippen LogP contribution is 2.31. The third-order valence-electron chi connectivity index (χ3n) is 3.85. The number of carbonyl (C=O) groups excluding carboxylic acids is 1. The van der Waals surface area contributed by atoms with Gasteiger partial charge in [-0.3, -0.25) is 9.48 Å². The van der Waals surface area contributed by atoms with Crippen molar-refractivity contribution in [2.24, 2.45) is 7.05 Å². The van der Waals surface area contributed by atoms with E-state index in [1.165, 1.54) is 13.2 Å². The van der Waals surface area contributed by atoms with E-state index in [1.54, 1.807) is 24.3 Å². The Morgan fingerprint density at radius 2 is 1.81 bits per heavy atom. The maximum absolute atomic E-state index is 14.3. The van der Waals surface area contributed by atoms with E-state index >= 15 is 0 Å². The van der Waals surface area contributed by atoms with Crippen LogP contribution in [0.2, 0.25) is 0 Å². The van der Waals surface area contributed by atoms with Gasteiger partial charge < -0.3 is 5.32 Å². The van der Waals surface area contributed by atoms with E-state index in [-0.39, 0.29) is 17.1 Å². The van der Waals surface area contributed by atoms with Gasteiger partial charge in [0, 0.05) is 24.4 Å². The molecule has 0 aliphatic heterocycles. The maximum atomic E-state index is 14.3. The van der Waals surface area contributed by atoms with E-state index in [1.807, 2.05) is 6.92 Å². The van der Waals surface area contributed by atoms with Crippen molar-refractivity contribution in [1.29, 1.82) is 0 Å². The fraction of sp³-hybridized carbons (Fsp3) is 0.167. The Kier molecular flexibility index (Phi) is 4.69. The van der Waals surface area contributed by atoms with Crippen LogP contribution in [0.4, 0.5) is 23.4 Å². The summed E-state index contributed by atoms with van der Waals surface area (Å²) in [4.78, 5) is 16.0. The molecule has 9 heteroatoms. The molecule has 2 aromatic heterocycles. The smallest absolute Gasteiger partial charge is 0.304 e. The second-order valence-electron chi connectivity index (χ2n) is 5.91. The molecule has 0 aliphatic rings. The molecule has 0 aliphatic carbocycles. The molecule has 5 nitrogen and oxygen atoms in total. The van der Waals surface area contributed by atoms with Gasteiger partial charge in [0.25, 0.3) is 5.91 Å². The number of aryl methyl sites for hydroxylation is 2. The van der Waals surface area contributed by atoms with Crippen LogP contribution in [0.3, 0.4) is 0 Å². The lowest BCUT2D eigenvalue weighted by atomic mass is 10.1. The zero-order valence-electron chi connectivity index (χ0n) is 14.3. The number of alkyl halides is 3. The van der Waals surface area contributed by atoms with Gasteiger partial charge >= 0.3 is 6.18 Å². The van der Waals surface area contributed by atoms with Crippen LogP contribution < -0.4 is 5.32 Å². The van der Waals surface area contributed by atoms with Crippen LogP contribution in [0.5, 0.6) is 0 Å². The number of aromatic nitrogens is 3. The van der Waals surface area contributed by atoms with Crippen molar-refractivity contribution < 1.29 is 22.4 Å². The number of amides is 1. The lowest BCUT2D eigenvalue weighted by molar-refractivity contribution is -0.141. The first-order valence-corrected chi connectivity index (χ1v) is 7.80. The summed E-state index contributed by atoms with van der Waals surface area (Å²) in [5.74, 6) is -1.74. The largest absolute Gasteiger partial charge is 0.435 e. The number of hydrogen-bond donors (Lipinski definition) is 1. The molecular formula is C18H14F4N4O. The number of hydrogen-bond acceptors (Lipinski definition) is 3. The molecule has 2 heterocycles. The summed E-state index contributed by atoms with van der Waals surface area (Å²) < 4.78 is 53.6. The van der Waals surface area contributed by atoms with Crippen molar-refractivity contribution in [3.63, 3.8) is 0 Å². The number of nitrogens with one attached hydrogen (secondary N) is 1.